The van der Waals surface area contributed by atoms with Gasteiger partial charge in [0.1, 0.15) is 0 Å². The predicted octanol–water partition coefficient (Wildman–Crippen LogP) is 2.59. The van der Waals surface area contributed by atoms with Gasteiger partial charge in [-0.2, -0.15) is 0 Å². The summed E-state index contributed by atoms with van der Waals surface area (Å²) in [6.45, 7) is 0.245. The van der Waals surface area contributed by atoms with E-state index in [9.17, 15) is 5.11 Å². The molecular formula is C12H12BrNO. The molecule has 0 aliphatic carbocycles. The van der Waals surface area contributed by atoms with Crippen molar-refractivity contribution >= 4 is 26.7 Å². The average Bonchev–Trinajstić information content (AvgIpc) is 2.26. The van der Waals surface area contributed by atoms with E-state index < -0.39 is 6.10 Å². The summed E-state index contributed by atoms with van der Waals surface area (Å²) < 4.78 is 1.04. The third-order valence-corrected chi connectivity index (χ3v) is 2.95. The summed E-state index contributed by atoms with van der Waals surface area (Å²) in [6.07, 6.45) is -0.588. The number of hydrogen-bond donors (Lipinski definition) is 2. The van der Waals surface area contributed by atoms with Crippen molar-refractivity contribution in [1.29, 1.82) is 0 Å². The van der Waals surface area contributed by atoms with Gasteiger partial charge < -0.3 is 10.8 Å². The minimum Gasteiger partial charge on any atom is -0.387 e. The van der Waals surface area contributed by atoms with Crippen LogP contribution in [-0.4, -0.2) is 11.7 Å². The van der Waals surface area contributed by atoms with Crippen molar-refractivity contribution < 1.29 is 5.11 Å². The summed E-state index contributed by atoms with van der Waals surface area (Å²) in [4.78, 5) is 0. The Bertz CT molecular complexity index is 484. The Kier molecular flexibility index (Phi) is 3.05. The molecule has 3 N–H and O–H groups in total. The molecule has 0 saturated heterocycles. The summed E-state index contributed by atoms with van der Waals surface area (Å²) in [5.41, 5.74) is 6.36. The summed E-state index contributed by atoms with van der Waals surface area (Å²) in [6, 6.07) is 11.9. The predicted molar refractivity (Wildman–Crippen MR) is 65.7 cm³/mol. The average molecular weight is 266 g/mol. The number of fused-ring (bicyclic) bond motifs is 1. The Balaban J connectivity index is 2.66. The third-order valence-electron chi connectivity index (χ3n) is 2.46. The molecule has 2 aromatic rings. The maximum atomic E-state index is 9.76. The summed E-state index contributed by atoms with van der Waals surface area (Å²) in [5.74, 6) is 0. The molecule has 0 heterocycles. The molecule has 0 spiro atoms. The van der Waals surface area contributed by atoms with Gasteiger partial charge in [0.15, 0.2) is 0 Å². The van der Waals surface area contributed by atoms with E-state index in [2.05, 4.69) is 15.9 Å². The molecule has 2 nitrogen and oxygen atoms in total. The van der Waals surface area contributed by atoms with Crippen LogP contribution in [0.25, 0.3) is 10.8 Å². The number of rotatable bonds is 2. The topological polar surface area (TPSA) is 46.2 Å². The Morgan fingerprint density at radius 2 is 2.07 bits per heavy atom. The van der Waals surface area contributed by atoms with Crippen molar-refractivity contribution in [2.45, 2.75) is 6.10 Å². The van der Waals surface area contributed by atoms with E-state index in [1.807, 2.05) is 36.4 Å². The number of aliphatic hydroxyl groups excluding tert-OH is 1. The quantitative estimate of drug-likeness (QED) is 0.877. The molecule has 3 heteroatoms. The van der Waals surface area contributed by atoms with Gasteiger partial charge in [-0.1, -0.05) is 40.2 Å². The first kappa shape index (κ1) is 10.6. The van der Waals surface area contributed by atoms with E-state index in [1.165, 1.54) is 0 Å². The number of halogens is 1. The van der Waals surface area contributed by atoms with Gasteiger partial charge in [-0.15, -0.1) is 0 Å². The van der Waals surface area contributed by atoms with Crippen LogP contribution in [-0.2, 0) is 0 Å². The van der Waals surface area contributed by atoms with Crippen LogP contribution in [0.3, 0.4) is 0 Å². The highest BCUT2D eigenvalue weighted by atomic mass is 79.9. The molecule has 1 unspecified atom stereocenters. The van der Waals surface area contributed by atoms with Crippen LogP contribution in [0.1, 0.15) is 11.7 Å². The molecular weight excluding hydrogens is 254 g/mol. The van der Waals surface area contributed by atoms with Gasteiger partial charge >= 0.3 is 0 Å². The second-order valence-electron chi connectivity index (χ2n) is 3.46. The molecule has 0 bridgehead atoms. The van der Waals surface area contributed by atoms with Gasteiger partial charge in [0.05, 0.1) is 6.10 Å². The maximum Gasteiger partial charge on any atom is 0.0918 e. The Morgan fingerprint density at radius 3 is 2.80 bits per heavy atom. The summed E-state index contributed by atoms with van der Waals surface area (Å²) in [7, 11) is 0. The molecule has 0 aromatic heterocycles. The minimum absolute atomic E-state index is 0.245. The van der Waals surface area contributed by atoms with Crippen molar-refractivity contribution in [2.24, 2.45) is 5.73 Å². The maximum absolute atomic E-state index is 9.76. The first-order chi connectivity index (χ1) is 7.22. The van der Waals surface area contributed by atoms with Gasteiger partial charge in [-0.25, -0.2) is 0 Å². The highest BCUT2D eigenvalue weighted by molar-refractivity contribution is 9.10. The lowest BCUT2D eigenvalue weighted by atomic mass is 10.0. The second-order valence-corrected chi connectivity index (χ2v) is 4.38. The molecule has 78 valence electrons. The zero-order valence-electron chi connectivity index (χ0n) is 8.15. The monoisotopic (exact) mass is 265 g/mol. The highest BCUT2D eigenvalue weighted by Gasteiger charge is 2.08. The molecule has 15 heavy (non-hydrogen) atoms. The van der Waals surface area contributed by atoms with E-state index in [0.717, 1.165) is 20.8 Å². The molecule has 0 aliphatic heterocycles. The van der Waals surface area contributed by atoms with E-state index in [1.54, 1.807) is 0 Å². The lowest BCUT2D eigenvalue weighted by Crippen LogP contribution is -2.11. The molecule has 0 aliphatic rings. The Labute approximate surface area is 96.8 Å². The van der Waals surface area contributed by atoms with Crippen LogP contribution in [0.5, 0.6) is 0 Å². The number of hydrogen-bond acceptors (Lipinski definition) is 2. The Morgan fingerprint density at radius 1 is 1.27 bits per heavy atom. The number of aliphatic hydroxyl groups is 1. The van der Waals surface area contributed by atoms with Crippen molar-refractivity contribution in [3.05, 3.63) is 46.4 Å². The van der Waals surface area contributed by atoms with Gasteiger partial charge in [-0.05, 0) is 28.5 Å². The van der Waals surface area contributed by atoms with Crippen molar-refractivity contribution in [2.75, 3.05) is 6.54 Å². The third kappa shape index (κ3) is 2.04. The smallest absolute Gasteiger partial charge is 0.0918 e. The summed E-state index contributed by atoms with van der Waals surface area (Å²) >= 11 is 3.42. The molecule has 0 amide bonds. The normalized spacial score (nSPS) is 13.0. The van der Waals surface area contributed by atoms with Gasteiger partial charge in [0.25, 0.3) is 0 Å². The largest absolute Gasteiger partial charge is 0.387 e. The van der Waals surface area contributed by atoms with Crippen molar-refractivity contribution in [3.8, 4) is 0 Å². The van der Waals surface area contributed by atoms with E-state index in [0.29, 0.717) is 0 Å². The summed E-state index contributed by atoms with van der Waals surface area (Å²) in [5, 5.41) is 11.9. The zero-order chi connectivity index (χ0) is 10.8. The van der Waals surface area contributed by atoms with E-state index in [4.69, 9.17) is 5.73 Å². The van der Waals surface area contributed by atoms with Gasteiger partial charge in [0.2, 0.25) is 0 Å². The molecule has 2 rings (SSSR count). The fourth-order valence-electron chi connectivity index (χ4n) is 1.70. The lowest BCUT2D eigenvalue weighted by Gasteiger charge is -2.11. The van der Waals surface area contributed by atoms with Crippen LogP contribution in [0.2, 0.25) is 0 Å². The highest BCUT2D eigenvalue weighted by Crippen LogP contribution is 2.26. The molecule has 1 atom stereocenters. The van der Waals surface area contributed by atoms with Gasteiger partial charge in [0, 0.05) is 11.0 Å². The van der Waals surface area contributed by atoms with Crippen LogP contribution >= 0.6 is 15.9 Å². The standard InChI is InChI=1S/C12H12BrNO/c13-9-4-5-10-8(6-9)2-1-3-11(10)12(15)7-14/h1-6,12,15H,7,14H2. The fraction of sp³-hybridized carbons (Fsp3) is 0.167. The SMILES string of the molecule is NCC(O)c1cccc2cc(Br)ccc12. The second kappa shape index (κ2) is 4.31. The first-order valence-electron chi connectivity index (χ1n) is 4.78. The molecule has 2 aromatic carbocycles. The zero-order valence-corrected chi connectivity index (χ0v) is 9.74. The Hall–Kier alpha value is -0.900. The fourth-order valence-corrected chi connectivity index (χ4v) is 2.08. The van der Waals surface area contributed by atoms with Crippen molar-refractivity contribution in [3.63, 3.8) is 0 Å². The van der Waals surface area contributed by atoms with Crippen LogP contribution in [0.15, 0.2) is 40.9 Å². The lowest BCUT2D eigenvalue weighted by molar-refractivity contribution is 0.188. The molecule has 0 radical (unpaired) electrons. The number of benzene rings is 2. The van der Waals surface area contributed by atoms with Crippen LogP contribution < -0.4 is 5.73 Å². The first-order valence-corrected chi connectivity index (χ1v) is 5.58. The van der Waals surface area contributed by atoms with E-state index in [-0.39, 0.29) is 6.54 Å². The van der Waals surface area contributed by atoms with Crippen LogP contribution in [0.4, 0.5) is 0 Å². The van der Waals surface area contributed by atoms with Crippen LogP contribution in [0, 0.1) is 0 Å². The van der Waals surface area contributed by atoms with Gasteiger partial charge in [-0.3, -0.25) is 0 Å². The van der Waals surface area contributed by atoms with E-state index >= 15 is 0 Å². The minimum atomic E-state index is -0.588. The van der Waals surface area contributed by atoms with Crippen molar-refractivity contribution in [1.82, 2.24) is 0 Å². The molecule has 0 fully saturated rings. The molecule has 0 saturated carbocycles. The number of nitrogens with two attached hydrogens (primary N) is 1.